The molecule has 164 valence electrons. The minimum Gasteiger partial charge on any atom is -0.481 e. The lowest BCUT2D eigenvalue weighted by atomic mass is 9.98. The molecule has 2 amide bonds. The number of fused-ring (bicyclic) bond motifs is 3. The van der Waals surface area contributed by atoms with Gasteiger partial charge in [0, 0.05) is 12.5 Å². The van der Waals surface area contributed by atoms with Crippen molar-refractivity contribution in [2.45, 2.75) is 24.6 Å². The van der Waals surface area contributed by atoms with Crippen LogP contribution in [0.2, 0.25) is 0 Å². The van der Waals surface area contributed by atoms with Crippen LogP contribution in [0.15, 0.2) is 48.5 Å². The molecule has 0 saturated carbocycles. The number of alkyl halides is 3. The Hall–Kier alpha value is -3.56. The van der Waals surface area contributed by atoms with Gasteiger partial charge < -0.3 is 20.5 Å². The highest BCUT2D eigenvalue weighted by Gasteiger charge is 2.46. The van der Waals surface area contributed by atoms with Gasteiger partial charge in [-0.1, -0.05) is 48.5 Å². The van der Waals surface area contributed by atoms with Crippen LogP contribution in [-0.4, -0.2) is 48.4 Å². The van der Waals surface area contributed by atoms with E-state index in [0.717, 1.165) is 22.3 Å². The zero-order valence-corrected chi connectivity index (χ0v) is 16.1. The molecule has 3 N–H and O–H groups in total. The normalized spacial score (nSPS) is 13.6. The summed E-state index contributed by atoms with van der Waals surface area (Å²) in [7, 11) is 0. The Morgan fingerprint density at radius 1 is 1.00 bits per heavy atom. The molecule has 2 aromatic carbocycles. The number of carboxylic acids is 1. The Morgan fingerprint density at radius 2 is 1.55 bits per heavy atom. The molecule has 31 heavy (non-hydrogen) atoms. The molecule has 1 aliphatic carbocycles. The fourth-order valence-corrected chi connectivity index (χ4v) is 3.45. The third kappa shape index (κ3) is 5.14. The molecule has 0 saturated heterocycles. The van der Waals surface area contributed by atoms with E-state index in [9.17, 15) is 27.6 Å². The lowest BCUT2D eigenvalue weighted by molar-refractivity contribution is -0.167. The van der Waals surface area contributed by atoms with Crippen LogP contribution in [0.5, 0.6) is 0 Å². The largest absolute Gasteiger partial charge is 0.481 e. The topological polar surface area (TPSA) is 105 Å². The van der Waals surface area contributed by atoms with Crippen molar-refractivity contribution in [3.8, 4) is 11.1 Å². The van der Waals surface area contributed by atoms with E-state index in [1.165, 1.54) is 5.32 Å². The number of nitrogens with one attached hydrogen (secondary N) is 2. The Morgan fingerprint density at radius 3 is 2.06 bits per heavy atom. The molecule has 0 fully saturated rings. The van der Waals surface area contributed by atoms with E-state index >= 15 is 0 Å². The summed E-state index contributed by atoms with van der Waals surface area (Å²) in [5.41, 5.74) is 3.68. The van der Waals surface area contributed by atoms with E-state index < -0.39 is 43.2 Å². The summed E-state index contributed by atoms with van der Waals surface area (Å²) in [6.45, 7) is -0.724. The van der Waals surface area contributed by atoms with E-state index in [1.54, 1.807) is 0 Å². The standard InChI is InChI=1S/C21H19F3N2O5/c22-21(23,24)18(19(29)25-10-9-17(27)28)26-20(30)31-11-16-14-7-3-1-5-12(14)13-6-2-4-8-15(13)16/h1-8,16,18H,9-11H2,(H,25,29)(H,26,30)(H,27,28). The van der Waals surface area contributed by atoms with Crippen LogP contribution in [0.25, 0.3) is 11.1 Å². The second-order valence-electron chi connectivity index (χ2n) is 6.88. The molecule has 1 aliphatic rings. The zero-order valence-electron chi connectivity index (χ0n) is 16.1. The van der Waals surface area contributed by atoms with Crippen LogP contribution in [0.3, 0.4) is 0 Å². The number of aliphatic carboxylic acids is 1. The zero-order chi connectivity index (χ0) is 22.6. The number of ether oxygens (including phenoxy) is 1. The van der Waals surface area contributed by atoms with Crippen LogP contribution in [0.4, 0.5) is 18.0 Å². The van der Waals surface area contributed by atoms with Gasteiger partial charge in [0.1, 0.15) is 6.61 Å². The summed E-state index contributed by atoms with van der Waals surface area (Å²) in [5, 5.41) is 11.9. The third-order valence-electron chi connectivity index (χ3n) is 4.83. The summed E-state index contributed by atoms with van der Waals surface area (Å²) in [6.07, 6.45) is -7.04. The first-order valence-corrected chi connectivity index (χ1v) is 9.36. The molecule has 0 aliphatic heterocycles. The number of rotatable bonds is 7. The number of carboxylic acid groups (broad SMARTS) is 1. The summed E-state index contributed by atoms with van der Waals surface area (Å²) < 4.78 is 44.6. The van der Waals surface area contributed by atoms with Gasteiger partial charge in [-0.2, -0.15) is 13.2 Å². The minimum absolute atomic E-state index is 0.217. The van der Waals surface area contributed by atoms with Gasteiger partial charge >= 0.3 is 18.2 Å². The average molecular weight is 436 g/mol. The lowest BCUT2D eigenvalue weighted by Crippen LogP contribution is -2.55. The highest BCUT2D eigenvalue weighted by molar-refractivity contribution is 5.87. The van der Waals surface area contributed by atoms with Crippen LogP contribution >= 0.6 is 0 Å². The number of halogens is 3. The van der Waals surface area contributed by atoms with Gasteiger partial charge in [-0.3, -0.25) is 9.59 Å². The summed E-state index contributed by atoms with van der Waals surface area (Å²) in [4.78, 5) is 34.3. The second kappa shape index (κ2) is 9.07. The number of benzene rings is 2. The molecule has 1 atom stereocenters. The first-order chi connectivity index (χ1) is 14.7. The molecular weight excluding hydrogens is 417 g/mol. The first kappa shape index (κ1) is 22.1. The highest BCUT2D eigenvalue weighted by atomic mass is 19.4. The Kier molecular flexibility index (Phi) is 6.47. The van der Waals surface area contributed by atoms with E-state index in [2.05, 4.69) is 0 Å². The second-order valence-corrected chi connectivity index (χ2v) is 6.88. The SMILES string of the molecule is O=C(O)CCNC(=O)C(NC(=O)OCC1c2ccccc2-c2ccccc21)C(F)(F)F. The van der Waals surface area contributed by atoms with Crippen molar-refractivity contribution in [1.29, 1.82) is 0 Å². The maximum Gasteiger partial charge on any atom is 0.417 e. The number of hydrogen-bond donors (Lipinski definition) is 3. The van der Waals surface area contributed by atoms with Crippen LogP contribution < -0.4 is 10.6 Å². The molecule has 2 aromatic rings. The number of amides is 2. The fourth-order valence-electron chi connectivity index (χ4n) is 3.45. The molecule has 3 rings (SSSR count). The molecule has 0 radical (unpaired) electrons. The Bertz CT molecular complexity index is 947. The average Bonchev–Trinajstić information content (AvgIpc) is 3.03. The van der Waals surface area contributed by atoms with Crippen molar-refractivity contribution >= 4 is 18.0 Å². The Balaban J connectivity index is 1.66. The van der Waals surface area contributed by atoms with Gasteiger partial charge in [-0.25, -0.2) is 4.79 Å². The quantitative estimate of drug-likeness (QED) is 0.619. The fraction of sp³-hybridized carbons (Fsp3) is 0.286. The van der Waals surface area contributed by atoms with Crippen LogP contribution in [0, 0.1) is 0 Å². The number of alkyl carbamates (subject to hydrolysis) is 1. The lowest BCUT2D eigenvalue weighted by Gasteiger charge is -2.21. The molecule has 1 unspecified atom stereocenters. The van der Waals surface area contributed by atoms with Gasteiger partial charge in [-0.05, 0) is 22.3 Å². The molecule has 10 heteroatoms. The van der Waals surface area contributed by atoms with E-state index in [1.807, 2.05) is 53.8 Å². The van der Waals surface area contributed by atoms with Gasteiger partial charge in [0.15, 0.2) is 0 Å². The predicted molar refractivity (Wildman–Crippen MR) is 103 cm³/mol. The van der Waals surface area contributed by atoms with Crippen molar-refractivity contribution in [3.05, 3.63) is 59.7 Å². The van der Waals surface area contributed by atoms with Gasteiger partial charge in [0.05, 0.1) is 6.42 Å². The molecule has 0 heterocycles. The molecule has 0 spiro atoms. The smallest absolute Gasteiger partial charge is 0.417 e. The maximum absolute atomic E-state index is 13.2. The number of hydrogen-bond acceptors (Lipinski definition) is 4. The van der Waals surface area contributed by atoms with Crippen molar-refractivity contribution in [2.24, 2.45) is 0 Å². The third-order valence-corrected chi connectivity index (χ3v) is 4.83. The number of carbonyl (C=O) groups excluding carboxylic acids is 2. The van der Waals surface area contributed by atoms with Crippen LogP contribution in [0.1, 0.15) is 23.5 Å². The van der Waals surface area contributed by atoms with E-state index in [0.29, 0.717) is 0 Å². The molecule has 0 bridgehead atoms. The molecule has 0 aromatic heterocycles. The van der Waals surface area contributed by atoms with Crippen molar-refractivity contribution in [1.82, 2.24) is 10.6 Å². The molecular formula is C21H19F3N2O5. The minimum atomic E-state index is -5.08. The van der Waals surface area contributed by atoms with E-state index in [-0.39, 0.29) is 12.5 Å². The van der Waals surface area contributed by atoms with Crippen molar-refractivity contribution < 1.29 is 37.4 Å². The highest BCUT2D eigenvalue weighted by Crippen LogP contribution is 2.44. The maximum atomic E-state index is 13.2. The molecule has 7 nitrogen and oxygen atoms in total. The first-order valence-electron chi connectivity index (χ1n) is 9.36. The van der Waals surface area contributed by atoms with Gasteiger partial charge in [-0.15, -0.1) is 0 Å². The monoisotopic (exact) mass is 436 g/mol. The van der Waals surface area contributed by atoms with Crippen LogP contribution in [-0.2, 0) is 14.3 Å². The van der Waals surface area contributed by atoms with E-state index in [4.69, 9.17) is 9.84 Å². The van der Waals surface area contributed by atoms with Gasteiger partial charge in [0.2, 0.25) is 6.04 Å². The van der Waals surface area contributed by atoms with Crippen molar-refractivity contribution in [3.63, 3.8) is 0 Å². The predicted octanol–water partition coefficient (Wildman–Crippen LogP) is 3.05. The summed E-state index contributed by atoms with van der Waals surface area (Å²) in [5.74, 6) is -3.21. The van der Waals surface area contributed by atoms with Gasteiger partial charge in [0.25, 0.3) is 5.91 Å². The number of carbonyl (C=O) groups is 3. The Labute approximate surface area is 175 Å². The summed E-state index contributed by atoms with van der Waals surface area (Å²) >= 11 is 0. The van der Waals surface area contributed by atoms with Crippen molar-refractivity contribution in [2.75, 3.05) is 13.2 Å². The summed E-state index contributed by atoms with van der Waals surface area (Å²) in [6, 6.07) is 12.0.